The predicted octanol–water partition coefficient (Wildman–Crippen LogP) is 15.2. The minimum Gasteiger partial charge on any atom is -0.310 e. The summed E-state index contributed by atoms with van der Waals surface area (Å²) in [7, 11) is 0. The van der Waals surface area contributed by atoms with Crippen LogP contribution < -0.4 is 4.90 Å². The summed E-state index contributed by atoms with van der Waals surface area (Å²) in [5.74, 6) is 0. The molecule has 0 bridgehead atoms. The minimum atomic E-state index is -0.365. The van der Waals surface area contributed by atoms with E-state index in [2.05, 4.69) is 217 Å². The third-order valence-corrected chi connectivity index (χ3v) is 13.5. The van der Waals surface area contributed by atoms with Crippen molar-refractivity contribution in [2.24, 2.45) is 0 Å². The molecule has 2 heteroatoms. The molecule has 0 saturated heterocycles. The van der Waals surface area contributed by atoms with E-state index in [0.717, 1.165) is 17.1 Å². The first-order valence-corrected chi connectivity index (χ1v) is 20.5. The largest absolute Gasteiger partial charge is 0.310 e. The summed E-state index contributed by atoms with van der Waals surface area (Å²) in [5, 5.41) is 2.65. The van der Waals surface area contributed by atoms with E-state index in [1.165, 1.54) is 86.9 Å². The zero-order chi connectivity index (χ0) is 37.5. The molecule has 0 atom stereocenters. The average molecular weight is 742 g/mol. The Labute approximate surface area is 336 Å². The lowest BCUT2D eigenvalue weighted by Crippen LogP contribution is -2.25. The van der Waals surface area contributed by atoms with Gasteiger partial charge in [-0.15, -0.1) is 11.3 Å². The molecule has 0 saturated carbocycles. The van der Waals surface area contributed by atoms with Crippen molar-refractivity contribution < 1.29 is 0 Å². The lowest BCUT2D eigenvalue weighted by Gasteiger charge is -2.31. The van der Waals surface area contributed by atoms with E-state index in [0.29, 0.717) is 0 Å². The second-order valence-electron chi connectivity index (χ2n) is 15.2. The first-order chi connectivity index (χ1) is 28.3. The van der Waals surface area contributed by atoms with Gasteiger partial charge in [-0.2, -0.15) is 0 Å². The fourth-order valence-corrected chi connectivity index (χ4v) is 10.9. The van der Waals surface area contributed by atoms with Gasteiger partial charge in [-0.25, -0.2) is 0 Å². The minimum absolute atomic E-state index is 0.365. The molecule has 9 aromatic carbocycles. The van der Waals surface area contributed by atoms with Crippen molar-refractivity contribution in [3.63, 3.8) is 0 Å². The molecule has 10 aromatic rings. The second-order valence-corrected chi connectivity index (χ2v) is 16.3. The van der Waals surface area contributed by atoms with Crippen molar-refractivity contribution in [1.82, 2.24) is 0 Å². The molecule has 0 N–H and O–H groups in total. The van der Waals surface area contributed by atoms with Gasteiger partial charge in [0, 0.05) is 37.2 Å². The first-order valence-electron chi connectivity index (χ1n) is 19.7. The van der Waals surface area contributed by atoms with Gasteiger partial charge in [-0.05, 0) is 121 Å². The smallest absolute Gasteiger partial charge is 0.0725 e. The monoisotopic (exact) mass is 741 g/mol. The van der Waals surface area contributed by atoms with Gasteiger partial charge in [0.2, 0.25) is 0 Å². The van der Waals surface area contributed by atoms with Gasteiger partial charge in [0.05, 0.1) is 5.41 Å². The summed E-state index contributed by atoms with van der Waals surface area (Å²) in [4.78, 5) is 2.42. The molecule has 2 aliphatic carbocycles. The number of fused-ring (bicyclic) bond motifs is 13. The maximum absolute atomic E-state index is 2.43. The number of rotatable bonds is 5. The molecular formula is C55H35NS. The predicted molar refractivity (Wildman–Crippen MR) is 241 cm³/mol. The molecule has 0 radical (unpaired) electrons. The SMILES string of the molecule is c1ccc(-c2ccc(N(c3ccc(-c4ccc5sc6ccccc6c5c4)cc3)c3ccc4c(c3)-c3ccccc3C43c4ccccc4-c4ccccc43)cc2)cc1. The molecule has 1 heterocycles. The lowest BCUT2D eigenvalue weighted by atomic mass is 9.70. The quantitative estimate of drug-likeness (QED) is 0.170. The van der Waals surface area contributed by atoms with Crippen LogP contribution in [0.4, 0.5) is 17.1 Å². The number of thiophene rings is 1. The highest BCUT2D eigenvalue weighted by Crippen LogP contribution is 2.63. The lowest BCUT2D eigenvalue weighted by molar-refractivity contribution is 0.794. The highest BCUT2D eigenvalue weighted by molar-refractivity contribution is 7.25. The third kappa shape index (κ3) is 4.75. The fraction of sp³-hybridized carbons (Fsp3) is 0.0182. The topological polar surface area (TPSA) is 3.24 Å². The highest BCUT2D eigenvalue weighted by atomic mass is 32.1. The van der Waals surface area contributed by atoms with Crippen molar-refractivity contribution >= 4 is 48.6 Å². The molecule has 0 aliphatic heterocycles. The molecule has 1 aromatic heterocycles. The van der Waals surface area contributed by atoms with Crippen molar-refractivity contribution in [3.8, 4) is 44.5 Å². The molecule has 266 valence electrons. The third-order valence-electron chi connectivity index (χ3n) is 12.3. The Balaban J connectivity index is 1.02. The van der Waals surface area contributed by atoms with E-state index in [1.807, 2.05) is 11.3 Å². The molecule has 57 heavy (non-hydrogen) atoms. The average Bonchev–Trinajstić information content (AvgIpc) is 3.91. The van der Waals surface area contributed by atoms with Crippen LogP contribution in [0, 0.1) is 0 Å². The normalized spacial score (nSPS) is 13.1. The summed E-state index contributed by atoms with van der Waals surface area (Å²) in [6.07, 6.45) is 0. The molecule has 0 fully saturated rings. The van der Waals surface area contributed by atoms with Gasteiger partial charge >= 0.3 is 0 Å². The molecule has 1 nitrogen and oxygen atoms in total. The van der Waals surface area contributed by atoms with Crippen LogP contribution in [0.25, 0.3) is 64.7 Å². The molecule has 1 spiro atoms. The number of nitrogens with zero attached hydrogens (tertiary/aromatic N) is 1. The molecular weight excluding hydrogens is 707 g/mol. The molecule has 0 amide bonds. The van der Waals surface area contributed by atoms with Gasteiger partial charge in [0.1, 0.15) is 0 Å². The van der Waals surface area contributed by atoms with Crippen molar-refractivity contribution in [2.45, 2.75) is 5.41 Å². The number of hydrogen-bond donors (Lipinski definition) is 0. The summed E-state index contributed by atoms with van der Waals surface area (Å²) in [6, 6.07) is 78.7. The van der Waals surface area contributed by atoms with E-state index >= 15 is 0 Å². The zero-order valence-corrected chi connectivity index (χ0v) is 31.9. The number of anilines is 3. The first kappa shape index (κ1) is 32.3. The fourth-order valence-electron chi connectivity index (χ4n) is 9.82. The maximum atomic E-state index is 2.43. The summed E-state index contributed by atoms with van der Waals surface area (Å²) in [6.45, 7) is 0. The van der Waals surface area contributed by atoms with Gasteiger partial charge in [0.25, 0.3) is 0 Å². The summed E-state index contributed by atoms with van der Waals surface area (Å²) in [5.41, 5.74) is 18.5. The van der Waals surface area contributed by atoms with Crippen molar-refractivity contribution in [3.05, 3.63) is 235 Å². The van der Waals surface area contributed by atoms with E-state index in [1.54, 1.807) is 0 Å². The van der Waals surface area contributed by atoms with Crippen LogP contribution in [0.5, 0.6) is 0 Å². The number of hydrogen-bond acceptors (Lipinski definition) is 2. The van der Waals surface area contributed by atoms with Crippen LogP contribution in [0.3, 0.4) is 0 Å². The van der Waals surface area contributed by atoms with Gasteiger partial charge < -0.3 is 4.90 Å². The van der Waals surface area contributed by atoms with Crippen molar-refractivity contribution in [2.75, 3.05) is 4.90 Å². The highest BCUT2D eigenvalue weighted by Gasteiger charge is 2.51. The van der Waals surface area contributed by atoms with Crippen LogP contribution in [0.15, 0.2) is 212 Å². The van der Waals surface area contributed by atoms with Crippen LogP contribution >= 0.6 is 11.3 Å². The molecule has 0 unspecified atom stereocenters. The van der Waals surface area contributed by atoms with Gasteiger partial charge in [-0.1, -0.05) is 158 Å². The van der Waals surface area contributed by atoms with Crippen LogP contribution in [-0.2, 0) is 5.41 Å². The molecule has 2 aliphatic rings. The van der Waals surface area contributed by atoms with Gasteiger partial charge in [0.15, 0.2) is 0 Å². The van der Waals surface area contributed by atoms with E-state index in [9.17, 15) is 0 Å². The summed E-state index contributed by atoms with van der Waals surface area (Å²) < 4.78 is 2.66. The summed E-state index contributed by atoms with van der Waals surface area (Å²) >= 11 is 1.86. The Kier molecular flexibility index (Phi) is 7.08. The van der Waals surface area contributed by atoms with Crippen molar-refractivity contribution in [1.29, 1.82) is 0 Å². The second kappa shape index (κ2) is 12.5. The van der Waals surface area contributed by atoms with Crippen LogP contribution in [0.1, 0.15) is 22.3 Å². The Morgan fingerprint density at radius 2 is 0.754 bits per heavy atom. The molecule has 12 rings (SSSR count). The Morgan fingerprint density at radius 3 is 1.40 bits per heavy atom. The Morgan fingerprint density at radius 1 is 0.298 bits per heavy atom. The van der Waals surface area contributed by atoms with E-state index < -0.39 is 0 Å². The Bertz CT molecular complexity index is 3130. The van der Waals surface area contributed by atoms with E-state index in [-0.39, 0.29) is 5.41 Å². The number of benzene rings is 9. The van der Waals surface area contributed by atoms with Gasteiger partial charge in [-0.3, -0.25) is 0 Å². The Hall–Kier alpha value is -7.00. The standard InChI is InChI=1S/C55H35NS/c1-2-12-36(13-3-1)37-22-27-40(28-23-37)56(41-29-24-38(25-30-41)39-26-33-54-48(34-39)46-17-7-11-21-53(46)57-54)42-31-32-52-47(35-42)45-16-6-10-20-51(45)55(52)49-18-8-4-14-43(49)44-15-5-9-19-50(44)55/h1-35H. The zero-order valence-electron chi connectivity index (χ0n) is 31.1. The maximum Gasteiger partial charge on any atom is 0.0725 e. The van der Waals surface area contributed by atoms with Crippen LogP contribution in [-0.4, -0.2) is 0 Å². The van der Waals surface area contributed by atoms with E-state index in [4.69, 9.17) is 0 Å². The van der Waals surface area contributed by atoms with Crippen LogP contribution in [0.2, 0.25) is 0 Å².